The Kier molecular flexibility index (Phi) is 6.17. The molecule has 1 N–H and O–H groups in total. The summed E-state index contributed by atoms with van der Waals surface area (Å²) in [6.07, 6.45) is 4.88. The number of hydrogen-bond acceptors (Lipinski definition) is 3. The number of nitrogens with zero attached hydrogens (tertiary/aromatic N) is 2. The Morgan fingerprint density at radius 1 is 1.08 bits per heavy atom. The van der Waals surface area contributed by atoms with E-state index in [9.17, 15) is 4.79 Å². The fraction of sp³-hybridized carbons (Fsp3) is 0.238. The molecule has 3 rings (SSSR count). The summed E-state index contributed by atoms with van der Waals surface area (Å²) in [5.74, 6) is 0.0321. The van der Waals surface area contributed by atoms with E-state index in [1.54, 1.807) is 7.11 Å². The second-order valence-electron chi connectivity index (χ2n) is 6.11. The summed E-state index contributed by atoms with van der Waals surface area (Å²) in [6.45, 7) is 1.06. The molecule has 0 bridgehead atoms. The van der Waals surface area contributed by atoms with Gasteiger partial charge in [0.1, 0.15) is 0 Å². The summed E-state index contributed by atoms with van der Waals surface area (Å²) in [6, 6.07) is 17.9. The maximum Gasteiger partial charge on any atom is 0.220 e. The molecule has 0 spiro atoms. The van der Waals surface area contributed by atoms with Crippen molar-refractivity contribution in [3.8, 4) is 5.69 Å². The molecule has 0 fully saturated rings. The third kappa shape index (κ3) is 4.80. The molecule has 0 saturated carbocycles. The van der Waals surface area contributed by atoms with Crippen molar-refractivity contribution in [3.63, 3.8) is 0 Å². The van der Waals surface area contributed by atoms with Crippen molar-refractivity contribution in [2.45, 2.75) is 26.0 Å². The van der Waals surface area contributed by atoms with Crippen LogP contribution in [0.1, 0.15) is 23.1 Å². The highest BCUT2D eigenvalue weighted by molar-refractivity contribution is 5.76. The molecule has 0 aliphatic rings. The van der Waals surface area contributed by atoms with Crippen LogP contribution in [0.25, 0.3) is 5.69 Å². The molecule has 0 radical (unpaired) electrons. The van der Waals surface area contributed by atoms with E-state index in [0.29, 0.717) is 26.0 Å². The fourth-order valence-electron chi connectivity index (χ4n) is 2.78. The molecule has 134 valence electrons. The smallest absolute Gasteiger partial charge is 0.220 e. The normalized spacial score (nSPS) is 10.7. The first-order valence-corrected chi connectivity index (χ1v) is 8.67. The number of carbonyl (C=O) groups is 1. The minimum Gasteiger partial charge on any atom is -0.380 e. The highest BCUT2D eigenvalue weighted by Gasteiger charge is 2.07. The molecular weight excluding hydrogens is 326 g/mol. The monoisotopic (exact) mass is 349 g/mol. The average molecular weight is 349 g/mol. The Labute approximate surface area is 153 Å². The molecule has 0 aliphatic carbocycles. The Balaban J connectivity index is 1.50. The van der Waals surface area contributed by atoms with E-state index in [0.717, 1.165) is 22.4 Å². The summed E-state index contributed by atoms with van der Waals surface area (Å²) in [5.41, 5.74) is 4.24. The molecule has 0 aliphatic heterocycles. The van der Waals surface area contributed by atoms with Gasteiger partial charge in [0.15, 0.2) is 0 Å². The number of rotatable bonds is 8. The van der Waals surface area contributed by atoms with Crippen LogP contribution < -0.4 is 5.32 Å². The number of methoxy groups -OCH3 is 1. The van der Waals surface area contributed by atoms with Gasteiger partial charge in [0.2, 0.25) is 5.91 Å². The lowest BCUT2D eigenvalue weighted by molar-refractivity contribution is -0.121. The Morgan fingerprint density at radius 3 is 2.58 bits per heavy atom. The zero-order valence-electron chi connectivity index (χ0n) is 14.9. The molecule has 1 amide bonds. The highest BCUT2D eigenvalue weighted by atomic mass is 16.5. The van der Waals surface area contributed by atoms with Crippen molar-refractivity contribution in [2.24, 2.45) is 0 Å². The third-order valence-electron chi connectivity index (χ3n) is 4.19. The zero-order chi connectivity index (χ0) is 18.2. The number of carbonyl (C=O) groups excluding carboxylic acids is 1. The van der Waals surface area contributed by atoms with Crippen LogP contribution in [0.3, 0.4) is 0 Å². The van der Waals surface area contributed by atoms with Gasteiger partial charge in [-0.05, 0) is 35.2 Å². The van der Waals surface area contributed by atoms with Crippen molar-refractivity contribution in [2.75, 3.05) is 7.11 Å². The standard InChI is InChI=1S/C21H23N3O2/c1-26-16-19-8-6-5-7-18(19)14-22-21(25)12-11-17-13-23-24(15-17)20-9-3-2-4-10-20/h2-10,13,15H,11-12,14,16H2,1H3,(H,22,25). The van der Waals surface area contributed by atoms with E-state index in [-0.39, 0.29) is 5.91 Å². The second kappa shape index (κ2) is 8.97. The van der Waals surface area contributed by atoms with E-state index in [2.05, 4.69) is 10.4 Å². The number of aromatic nitrogens is 2. The summed E-state index contributed by atoms with van der Waals surface area (Å²) in [7, 11) is 1.67. The zero-order valence-corrected chi connectivity index (χ0v) is 14.9. The molecule has 5 heteroatoms. The van der Waals surface area contributed by atoms with Gasteiger partial charge in [-0.3, -0.25) is 4.79 Å². The number of benzene rings is 2. The first-order valence-electron chi connectivity index (χ1n) is 8.67. The molecule has 5 nitrogen and oxygen atoms in total. The lowest BCUT2D eigenvalue weighted by Crippen LogP contribution is -2.23. The van der Waals surface area contributed by atoms with E-state index in [1.165, 1.54) is 0 Å². The minimum absolute atomic E-state index is 0.0321. The largest absolute Gasteiger partial charge is 0.380 e. The van der Waals surface area contributed by atoms with Crippen LogP contribution >= 0.6 is 0 Å². The highest BCUT2D eigenvalue weighted by Crippen LogP contribution is 2.11. The first-order chi connectivity index (χ1) is 12.8. The van der Waals surface area contributed by atoms with Crippen molar-refractivity contribution in [1.29, 1.82) is 0 Å². The van der Waals surface area contributed by atoms with Crippen LogP contribution in [-0.4, -0.2) is 22.8 Å². The predicted octanol–water partition coefficient (Wildman–Crippen LogP) is 3.27. The van der Waals surface area contributed by atoms with Gasteiger partial charge < -0.3 is 10.1 Å². The van der Waals surface area contributed by atoms with Gasteiger partial charge in [0, 0.05) is 26.3 Å². The average Bonchev–Trinajstić information content (AvgIpc) is 3.16. The van der Waals surface area contributed by atoms with E-state index in [1.807, 2.05) is 71.7 Å². The van der Waals surface area contributed by atoms with Crippen molar-refractivity contribution in [3.05, 3.63) is 83.7 Å². The van der Waals surface area contributed by atoms with E-state index in [4.69, 9.17) is 4.74 Å². The van der Waals surface area contributed by atoms with Crippen LogP contribution in [0, 0.1) is 0 Å². The van der Waals surface area contributed by atoms with Crippen molar-refractivity contribution in [1.82, 2.24) is 15.1 Å². The van der Waals surface area contributed by atoms with Crippen molar-refractivity contribution < 1.29 is 9.53 Å². The molecule has 0 unspecified atom stereocenters. The number of nitrogens with one attached hydrogen (secondary N) is 1. The molecule has 3 aromatic rings. The van der Waals surface area contributed by atoms with Gasteiger partial charge in [0.05, 0.1) is 18.5 Å². The molecule has 0 atom stereocenters. The first kappa shape index (κ1) is 17.9. The molecule has 26 heavy (non-hydrogen) atoms. The van der Waals surface area contributed by atoms with Crippen LogP contribution in [0.2, 0.25) is 0 Å². The Morgan fingerprint density at radius 2 is 1.81 bits per heavy atom. The number of ether oxygens (including phenoxy) is 1. The Bertz CT molecular complexity index is 843. The second-order valence-corrected chi connectivity index (χ2v) is 6.11. The maximum absolute atomic E-state index is 12.2. The van der Waals surface area contributed by atoms with E-state index < -0.39 is 0 Å². The SMILES string of the molecule is COCc1ccccc1CNC(=O)CCc1cnn(-c2ccccc2)c1. The summed E-state index contributed by atoms with van der Waals surface area (Å²) in [5, 5.41) is 7.35. The third-order valence-corrected chi connectivity index (χ3v) is 4.19. The number of aryl methyl sites for hydroxylation is 1. The van der Waals surface area contributed by atoms with Crippen LogP contribution in [-0.2, 0) is 29.1 Å². The van der Waals surface area contributed by atoms with Gasteiger partial charge in [-0.2, -0.15) is 5.10 Å². The number of hydrogen-bond donors (Lipinski definition) is 1. The van der Waals surface area contributed by atoms with Gasteiger partial charge in [-0.1, -0.05) is 42.5 Å². The van der Waals surface area contributed by atoms with Gasteiger partial charge in [-0.25, -0.2) is 4.68 Å². The van der Waals surface area contributed by atoms with Crippen molar-refractivity contribution >= 4 is 5.91 Å². The predicted molar refractivity (Wildman–Crippen MR) is 101 cm³/mol. The summed E-state index contributed by atoms with van der Waals surface area (Å²) >= 11 is 0. The lowest BCUT2D eigenvalue weighted by atomic mass is 10.1. The molecule has 2 aromatic carbocycles. The molecular formula is C21H23N3O2. The topological polar surface area (TPSA) is 56.1 Å². The van der Waals surface area contributed by atoms with Crippen LogP contribution in [0.15, 0.2) is 67.0 Å². The summed E-state index contributed by atoms with van der Waals surface area (Å²) < 4.78 is 7.03. The van der Waals surface area contributed by atoms with Crippen LogP contribution in [0.5, 0.6) is 0 Å². The van der Waals surface area contributed by atoms with Gasteiger partial charge in [0.25, 0.3) is 0 Å². The minimum atomic E-state index is 0.0321. The Hall–Kier alpha value is -2.92. The number of amides is 1. The molecule has 1 heterocycles. The van der Waals surface area contributed by atoms with Crippen LogP contribution in [0.4, 0.5) is 0 Å². The summed E-state index contributed by atoms with van der Waals surface area (Å²) in [4.78, 5) is 12.2. The molecule has 1 aromatic heterocycles. The molecule has 0 saturated heterocycles. The van der Waals surface area contributed by atoms with Gasteiger partial charge in [-0.15, -0.1) is 0 Å². The van der Waals surface area contributed by atoms with Gasteiger partial charge >= 0.3 is 0 Å². The fourth-order valence-corrected chi connectivity index (χ4v) is 2.78. The number of para-hydroxylation sites is 1. The quantitative estimate of drug-likeness (QED) is 0.679. The van der Waals surface area contributed by atoms with E-state index >= 15 is 0 Å². The lowest BCUT2D eigenvalue weighted by Gasteiger charge is -2.10. The maximum atomic E-state index is 12.2.